The summed E-state index contributed by atoms with van der Waals surface area (Å²) in [4.78, 5) is 9.00. The van der Waals surface area contributed by atoms with Gasteiger partial charge in [-0.05, 0) is 31.5 Å². The van der Waals surface area contributed by atoms with Crippen LogP contribution in [0.2, 0.25) is 0 Å². The number of aromatic nitrogens is 2. The van der Waals surface area contributed by atoms with Gasteiger partial charge in [0.2, 0.25) is 0 Å². The molecule has 0 radical (unpaired) electrons. The van der Waals surface area contributed by atoms with Crippen molar-refractivity contribution in [3.8, 4) is 22.8 Å². The SMILES string of the molecule is CCCc1nc(N)c(C)c(-c2ccc3c(c2)OCCO3)n1. The third-order valence-electron chi connectivity index (χ3n) is 3.52. The average Bonchev–Trinajstić information content (AvgIpc) is 2.50. The summed E-state index contributed by atoms with van der Waals surface area (Å²) < 4.78 is 11.2. The zero-order valence-corrected chi connectivity index (χ0v) is 12.3. The van der Waals surface area contributed by atoms with Gasteiger partial charge in [0, 0.05) is 17.5 Å². The van der Waals surface area contributed by atoms with E-state index in [2.05, 4.69) is 16.9 Å². The number of hydrogen-bond donors (Lipinski definition) is 1. The Bertz CT molecular complexity index is 671. The van der Waals surface area contributed by atoms with Crippen molar-refractivity contribution in [3.05, 3.63) is 29.6 Å². The highest BCUT2D eigenvalue weighted by atomic mass is 16.6. The number of aryl methyl sites for hydroxylation is 1. The molecule has 2 heterocycles. The molecule has 0 atom stereocenters. The fourth-order valence-corrected chi connectivity index (χ4v) is 2.39. The van der Waals surface area contributed by atoms with Crippen molar-refractivity contribution in [2.45, 2.75) is 26.7 Å². The van der Waals surface area contributed by atoms with Crippen LogP contribution in [0, 0.1) is 6.92 Å². The lowest BCUT2D eigenvalue weighted by molar-refractivity contribution is 0.171. The van der Waals surface area contributed by atoms with Crippen LogP contribution in [0.15, 0.2) is 18.2 Å². The van der Waals surface area contributed by atoms with E-state index >= 15 is 0 Å². The lowest BCUT2D eigenvalue weighted by atomic mass is 10.1. The van der Waals surface area contributed by atoms with E-state index in [1.54, 1.807) is 0 Å². The third kappa shape index (κ3) is 2.63. The van der Waals surface area contributed by atoms with E-state index < -0.39 is 0 Å². The number of nitrogens with two attached hydrogens (primary N) is 1. The molecule has 1 aromatic carbocycles. The Labute approximate surface area is 124 Å². The summed E-state index contributed by atoms with van der Waals surface area (Å²) in [5.41, 5.74) is 8.75. The highest BCUT2D eigenvalue weighted by molar-refractivity contribution is 5.70. The second-order valence-corrected chi connectivity index (χ2v) is 5.11. The van der Waals surface area contributed by atoms with Gasteiger partial charge in [0.25, 0.3) is 0 Å². The third-order valence-corrected chi connectivity index (χ3v) is 3.52. The van der Waals surface area contributed by atoms with Gasteiger partial charge in [-0.3, -0.25) is 0 Å². The van der Waals surface area contributed by atoms with Crippen LogP contribution in [0.5, 0.6) is 11.5 Å². The molecule has 1 aliphatic heterocycles. The number of hydrogen-bond acceptors (Lipinski definition) is 5. The van der Waals surface area contributed by atoms with E-state index in [1.807, 2.05) is 25.1 Å². The highest BCUT2D eigenvalue weighted by Crippen LogP contribution is 2.35. The van der Waals surface area contributed by atoms with Crippen LogP contribution in [0.3, 0.4) is 0 Å². The summed E-state index contributed by atoms with van der Waals surface area (Å²) in [6.07, 6.45) is 1.81. The van der Waals surface area contributed by atoms with Crippen LogP contribution >= 0.6 is 0 Å². The molecule has 1 aliphatic rings. The van der Waals surface area contributed by atoms with Crippen molar-refractivity contribution in [1.29, 1.82) is 0 Å². The number of fused-ring (bicyclic) bond motifs is 1. The molecule has 0 bridgehead atoms. The number of nitrogens with zero attached hydrogens (tertiary/aromatic N) is 2. The maximum absolute atomic E-state index is 6.02. The molecule has 1 aromatic heterocycles. The first kappa shape index (κ1) is 13.7. The van der Waals surface area contributed by atoms with Gasteiger partial charge in [-0.2, -0.15) is 0 Å². The van der Waals surface area contributed by atoms with Crippen LogP contribution < -0.4 is 15.2 Å². The summed E-state index contributed by atoms with van der Waals surface area (Å²) in [6.45, 7) is 5.20. The van der Waals surface area contributed by atoms with Gasteiger partial charge < -0.3 is 15.2 Å². The van der Waals surface area contributed by atoms with Gasteiger partial charge in [-0.15, -0.1) is 0 Å². The molecule has 0 unspecified atom stereocenters. The Balaban J connectivity index is 2.07. The highest BCUT2D eigenvalue weighted by Gasteiger charge is 2.16. The molecule has 0 spiro atoms. The number of ether oxygens (including phenoxy) is 2. The summed E-state index contributed by atoms with van der Waals surface area (Å²) in [7, 11) is 0. The summed E-state index contributed by atoms with van der Waals surface area (Å²) >= 11 is 0. The first-order valence-corrected chi connectivity index (χ1v) is 7.22. The van der Waals surface area contributed by atoms with Crippen LogP contribution in [0.1, 0.15) is 24.7 Å². The summed E-state index contributed by atoms with van der Waals surface area (Å²) in [5.74, 6) is 2.86. The first-order valence-electron chi connectivity index (χ1n) is 7.22. The maximum atomic E-state index is 6.02. The average molecular weight is 285 g/mol. The Hall–Kier alpha value is -2.30. The molecule has 0 fully saturated rings. The van der Waals surface area contributed by atoms with Gasteiger partial charge in [0.1, 0.15) is 24.9 Å². The fourth-order valence-electron chi connectivity index (χ4n) is 2.39. The molecule has 0 saturated carbocycles. The van der Waals surface area contributed by atoms with Crippen molar-refractivity contribution in [3.63, 3.8) is 0 Å². The fraction of sp³-hybridized carbons (Fsp3) is 0.375. The Morgan fingerprint density at radius 3 is 2.67 bits per heavy atom. The topological polar surface area (TPSA) is 70.3 Å². The quantitative estimate of drug-likeness (QED) is 0.939. The molecule has 5 nitrogen and oxygen atoms in total. The van der Waals surface area contributed by atoms with Gasteiger partial charge in [0.15, 0.2) is 11.5 Å². The number of benzene rings is 1. The number of rotatable bonds is 3. The Morgan fingerprint density at radius 1 is 1.14 bits per heavy atom. The van der Waals surface area contributed by atoms with E-state index in [0.29, 0.717) is 19.0 Å². The first-order chi connectivity index (χ1) is 10.2. The standard InChI is InChI=1S/C16H19N3O2/c1-3-4-14-18-15(10(2)16(17)19-14)11-5-6-12-13(9-11)21-8-7-20-12/h5-6,9H,3-4,7-8H2,1-2H3,(H2,17,18,19). The molecule has 5 heteroatoms. The molecule has 0 saturated heterocycles. The van der Waals surface area contributed by atoms with E-state index in [1.165, 1.54) is 0 Å². The predicted molar refractivity (Wildman–Crippen MR) is 81.6 cm³/mol. The maximum Gasteiger partial charge on any atom is 0.162 e. The van der Waals surface area contributed by atoms with Crippen molar-refractivity contribution in [2.75, 3.05) is 18.9 Å². The smallest absolute Gasteiger partial charge is 0.162 e. The summed E-state index contributed by atoms with van der Waals surface area (Å²) in [5, 5.41) is 0. The Morgan fingerprint density at radius 2 is 1.90 bits per heavy atom. The zero-order chi connectivity index (χ0) is 14.8. The van der Waals surface area contributed by atoms with Crippen molar-refractivity contribution < 1.29 is 9.47 Å². The second-order valence-electron chi connectivity index (χ2n) is 5.11. The van der Waals surface area contributed by atoms with Gasteiger partial charge in [-0.25, -0.2) is 9.97 Å². The van der Waals surface area contributed by atoms with Gasteiger partial charge in [0.05, 0.1) is 5.69 Å². The normalized spacial score (nSPS) is 13.2. The van der Waals surface area contributed by atoms with E-state index in [-0.39, 0.29) is 0 Å². The molecule has 21 heavy (non-hydrogen) atoms. The van der Waals surface area contributed by atoms with Crippen LogP contribution in [-0.2, 0) is 6.42 Å². The van der Waals surface area contributed by atoms with Crippen molar-refractivity contribution in [1.82, 2.24) is 9.97 Å². The second kappa shape index (κ2) is 5.60. The lowest BCUT2D eigenvalue weighted by Crippen LogP contribution is -2.15. The predicted octanol–water partition coefficient (Wildman–Crippen LogP) is 2.76. The van der Waals surface area contributed by atoms with Crippen LogP contribution in [-0.4, -0.2) is 23.2 Å². The minimum Gasteiger partial charge on any atom is -0.486 e. The number of anilines is 1. The van der Waals surface area contributed by atoms with Crippen molar-refractivity contribution in [2.24, 2.45) is 0 Å². The molecular weight excluding hydrogens is 266 g/mol. The molecule has 2 aromatic rings. The lowest BCUT2D eigenvalue weighted by Gasteiger charge is -2.19. The van der Waals surface area contributed by atoms with E-state index in [9.17, 15) is 0 Å². The van der Waals surface area contributed by atoms with Crippen molar-refractivity contribution >= 4 is 5.82 Å². The molecule has 0 amide bonds. The molecule has 0 aliphatic carbocycles. The van der Waals surface area contributed by atoms with Gasteiger partial charge >= 0.3 is 0 Å². The molecule has 3 rings (SSSR count). The Kier molecular flexibility index (Phi) is 3.64. The number of nitrogen functional groups attached to an aromatic ring is 1. The monoisotopic (exact) mass is 285 g/mol. The minimum atomic E-state index is 0.540. The zero-order valence-electron chi connectivity index (χ0n) is 12.3. The summed E-state index contributed by atoms with van der Waals surface area (Å²) in [6, 6.07) is 5.86. The molecular formula is C16H19N3O2. The minimum absolute atomic E-state index is 0.540. The van der Waals surface area contributed by atoms with Gasteiger partial charge in [-0.1, -0.05) is 6.92 Å². The molecule has 110 valence electrons. The van der Waals surface area contributed by atoms with E-state index in [4.69, 9.17) is 15.2 Å². The van der Waals surface area contributed by atoms with Crippen LogP contribution in [0.25, 0.3) is 11.3 Å². The van der Waals surface area contributed by atoms with Crippen LogP contribution in [0.4, 0.5) is 5.82 Å². The molecule has 2 N–H and O–H groups in total. The van der Waals surface area contributed by atoms with E-state index in [0.717, 1.165) is 47.0 Å². The largest absolute Gasteiger partial charge is 0.486 e.